The minimum Gasteiger partial charge on any atom is -0.493 e. The van der Waals surface area contributed by atoms with Gasteiger partial charge in [-0.3, -0.25) is 9.69 Å². The molecule has 39 heavy (non-hydrogen) atoms. The highest BCUT2D eigenvalue weighted by Gasteiger charge is 2.32. The second-order valence-electron chi connectivity index (χ2n) is 10.2. The van der Waals surface area contributed by atoms with Gasteiger partial charge in [-0.05, 0) is 56.6 Å². The zero-order chi connectivity index (χ0) is 27.6. The highest BCUT2D eigenvalue weighted by Crippen LogP contribution is 2.37. The van der Waals surface area contributed by atoms with Gasteiger partial charge in [-0.15, -0.1) is 12.4 Å². The van der Waals surface area contributed by atoms with E-state index in [1.807, 2.05) is 25.1 Å². The van der Waals surface area contributed by atoms with Crippen LogP contribution in [0.25, 0.3) is 10.2 Å². The van der Waals surface area contributed by atoms with Crippen LogP contribution in [-0.4, -0.2) is 83.0 Å². The molecule has 4 rings (SSSR count). The van der Waals surface area contributed by atoms with E-state index in [2.05, 4.69) is 13.8 Å². The molecule has 0 aliphatic carbocycles. The van der Waals surface area contributed by atoms with Crippen LogP contribution in [0.15, 0.2) is 41.3 Å². The predicted molar refractivity (Wildman–Crippen MR) is 158 cm³/mol. The Kier molecular flexibility index (Phi) is 10.2. The number of rotatable bonds is 9. The normalized spacial score (nSPS) is 18.1. The molecule has 1 aromatic heterocycles. The maximum Gasteiger partial charge on any atom is 0.260 e. The molecular formula is C27H37ClN4O5S2. The van der Waals surface area contributed by atoms with Crippen molar-refractivity contribution in [2.45, 2.75) is 25.2 Å². The molecule has 1 fully saturated rings. The number of carbonyl (C=O) groups excluding carboxylic acids is 1. The van der Waals surface area contributed by atoms with Crippen molar-refractivity contribution in [2.24, 2.45) is 11.8 Å². The van der Waals surface area contributed by atoms with Gasteiger partial charge in [0.15, 0.2) is 16.6 Å². The second-order valence-corrected chi connectivity index (χ2v) is 13.2. The van der Waals surface area contributed by atoms with Crippen LogP contribution < -0.4 is 14.4 Å². The lowest BCUT2D eigenvalue weighted by molar-refractivity contribution is 0.0985. The summed E-state index contributed by atoms with van der Waals surface area (Å²) in [4.78, 5) is 22.3. The van der Waals surface area contributed by atoms with E-state index in [1.165, 1.54) is 23.5 Å². The summed E-state index contributed by atoms with van der Waals surface area (Å²) in [6.07, 6.45) is 1.02. The van der Waals surface area contributed by atoms with E-state index in [0.29, 0.717) is 65.7 Å². The standard InChI is InChI=1S/C27H36N4O5S2.ClH/c1-18-13-19(2)17-30(16-18)38(33,34)21-9-7-20(8-10-21)26(32)31(12-11-29(3)4)27-28-22-14-23(35-5)24(36-6)15-25(22)37-27;/h7-10,14-15,18-19H,11-13,16-17H2,1-6H3;1H. The van der Waals surface area contributed by atoms with Gasteiger partial charge in [-0.25, -0.2) is 13.4 Å². The lowest BCUT2D eigenvalue weighted by atomic mass is 9.94. The molecule has 9 nitrogen and oxygen atoms in total. The van der Waals surface area contributed by atoms with Crippen LogP contribution in [0.1, 0.15) is 30.6 Å². The molecule has 2 aromatic carbocycles. The molecule has 1 aliphatic rings. The number of fused-ring (bicyclic) bond motifs is 1. The molecule has 0 N–H and O–H groups in total. The maximum atomic E-state index is 13.7. The van der Waals surface area contributed by atoms with Crippen LogP contribution in [0.4, 0.5) is 5.13 Å². The van der Waals surface area contributed by atoms with E-state index in [0.717, 1.165) is 11.1 Å². The molecule has 1 saturated heterocycles. The Morgan fingerprint density at radius 1 is 1.03 bits per heavy atom. The van der Waals surface area contributed by atoms with Gasteiger partial charge in [-0.2, -0.15) is 4.31 Å². The highest BCUT2D eigenvalue weighted by molar-refractivity contribution is 7.89. The summed E-state index contributed by atoms with van der Waals surface area (Å²) in [7, 11) is 3.41. The number of carbonyl (C=O) groups is 1. The van der Waals surface area contributed by atoms with Crippen molar-refractivity contribution in [1.82, 2.24) is 14.2 Å². The smallest absolute Gasteiger partial charge is 0.260 e. The maximum absolute atomic E-state index is 13.7. The number of anilines is 1. The number of ether oxygens (including phenoxy) is 2. The van der Waals surface area contributed by atoms with Crippen LogP contribution >= 0.6 is 23.7 Å². The first-order valence-electron chi connectivity index (χ1n) is 12.6. The van der Waals surface area contributed by atoms with Gasteiger partial charge in [0.05, 0.1) is 29.3 Å². The molecule has 1 amide bonds. The van der Waals surface area contributed by atoms with Gasteiger partial charge in [0, 0.05) is 43.9 Å². The Balaban J connectivity index is 0.00000420. The summed E-state index contributed by atoms with van der Waals surface area (Å²) in [6, 6.07) is 9.90. The number of thiazole rings is 1. The molecule has 3 aromatic rings. The zero-order valence-electron chi connectivity index (χ0n) is 23.2. The molecule has 0 radical (unpaired) electrons. The Labute approximate surface area is 241 Å². The fraction of sp³-hybridized carbons (Fsp3) is 0.481. The van der Waals surface area contributed by atoms with Gasteiger partial charge >= 0.3 is 0 Å². The first kappa shape index (κ1) is 31.1. The molecule has 12 heteroatoms. The number of hydrogen-bond donors (Lipinski definition) is 0. The van der Waals surface area contributed by atoms with Gasteiger partial charge in [0.25, 0.3) is 5.91 Å². The Morgan fingerprint density at radius 2 is 1.62 bits per heavy atom. The molecular weight excluding hydrogens is 560 g/mol. The van der Waals surface area contributed by atoms with Crippen molar-refractivity contribution in [1.29, 1.82) is 0 Å². The number of sulfonamides is 1. The second kappa shape index (κ2) is 12.8. The third-order valence-corrected chi connectivity index (χ3v) is 9.59. The van der Waals surface area contributed by atoms with E-state index in [9.17, 15) is 13.2 Å². The van der Waals surface area contributed by atoms with E-state index in [4.69, 9.17) is 14.5 Å². The summed E-state index contributed by atoms with van der Waals surface area (Å²) >= 11 is 1.39. The number of methoxy groups -OCH3 is 2. The molecule has 214 valence electrons. The quantitative estimate of drug-likeness (QED) is 0.356. The topological polar surface area (TPSA) is 92.3 Å². The molecule has 0 spiro atoms. The number of piperidine rings is 1. The third-order valence-electron chi connectivity index (χ3n) is 6.70. The monoisotopic (exact) mass is 596 g/mol. The molecule has 1 aliphatic heterocycles. The first-order chi connectivity index (χ1) is 18.0. The molecule has 0 saturated carbocycles. The van der Waals surface area contributed by atoms with E-state index >= 15 is 0 Å². The van der Waals surface area contributed by atoms with Crippen molar-refractivity contribution in [2.75, 3.05) is 59.4 Å². The van der Waals surface area contributed by atoms with Crippen LogP contribution in [0, 0.1) is 11.8 Å². The van der Waals surface area contributed by atoms with Crippen molar-refractivity contribution in [3.05, 3.63) is 42.0 Å². The molecule has 2 atom stereocenters. The number of halogens is 1. The average molecular weight is 597 g/mol. The number of hydrogen-bond acceptors (Lipinski definition) is 8. The fourth-order valence-corrected chi connectivity index (χ4v) is 7.50. The first-order valence-corrected chi connectivity index (χ1v) is 14.9. The van der Waals surface area contributed by atoms with Crippen LogP contribution in [0.3, 0.4) is 0 Å². The minimum atomic E-state index is -3.63. The Hall–Kier alpha value is -2.44. The lowest BCUT2D eigenvalue weighted by Crippen LogP contribution is -2.42. The largest absolute Gasteiger partial charge is 0.493 e. The van der Waals surface area contributed by atoms with E-state index in [-0.39, 0.29) is 23.2 Å². The van der Waals surface area contributed by atoms with Crippen molar-refractivity contribution in [3.63, 3.8) is 0 Å². The van der Waals surface area contributed by atoms with Crippen molar-refractivity contribution in [3.8, 4) is 11.5 Å². The number of benzene rings is 2. The summed E-state index contributed by atoms with van der Waals surface area (Å²) in [5.74, 6) is 1.55. The van der Waals surface area contributed by atoms with Gasteiger partial charge in [0.2, 0.25) is 10.0 Å². The van der Waals surface area contributed by atoms with Gasteiger partial charge in [-0.1, -0.05) is 25.2 Å². The Morgan fingerprint density at radius 3 is 2.18 bits per heavy atom. The number of nitrogens with zero attached hydrogens (tertiary/aromatic N) is 4. The van der Waals surface area contributed by atoms with Crippen LogP contribution in [-0.2, 0) is 10.0 Å². The summed E-state index contributed by atoms with van der Waals surface area (Å²) in [5, 5.41) is 0.551. The van der Waals surface area contributed by atoms with Crippen LogP contribution in [0.5, 0.6) is 11.5 Å². The number of likely N-dealkylation sites (N-methyl/N-ethyl adjacent to an activating group) is 1. The molecule has 2 heterocycles. The molecule has 2 unspecified atom stereocenters. The van der Waals surface area contributed by atoms with E-state index in [1.54, 1.807) is 41.6 Å². The zero-order valence-corrected chi connectivity index (χ0v) is 25.7. The average Bonchev–Trinajstić information content (AvgIpc) is 3.29. The SMILES string of the molecule is COc1cc2nc(N(CCN(C)C)C(=O)c3ccc(S(=O)(=O)N4CC(C)CC(C)C4)cc3)sc2cc1OC.Cl. The van der Waals surface area contributed by atoms with Gasteiger partial charge in [0.1, 0.15) is 0 Å². The number of amides is 1. The van der Waals surface area contributed by atoms with E-state index < -0.39 is 10.0 Å². The Bertz CT molecular complexity index is 1340. The van der Waals surface area contributed by atoms with Crippen LogP contribution in [0.2, 0.25) is 0 Å². The highest BCUT2D eigenvalue weighted by atomic mass is 35.5. The summed E-state index contributed by atoms with van der Waals surface area (Å²) in [6.45, 7) is 6.24. The summed E-state index contributed by atoms with van der Waals surface area (Å²) in [5.41, 5.74) is 1.11. The van der Waals surface area contributed by atoms with Gasteiger partial charge < -0.3 is 14.4 Å². The van der Waals surface area contributed by atoms with Crippen molar-refractivity contribution < 1.29 is 22.7 Å². The number of aromatic nitrogens is 1. The summed E-state index contributed by atoms with van der Waals surface area (Å²) < 4.78 is 39.8. The molecule has 0 bridgehead atoms. The fourth-order valence-electron chi connectivity index (χ4n) is 4.82. The lowest BCUT2D eigenvalue weighted by Gasteiger charge is -2.34. The predicted octanol–water partition coefficient (Wildman–Crippen LogP) is 4.61. The minimum absolute atomic E-state index is 0. The van der Waals surface area contributed by atoms with Crippen molar-refractivity contribution >= 4 is 55.0 Å². The third kappa shape index (κ3) is 6.83.